The van der Waals surface area contributed by atoms with Crippen molar-refractivity contribution in [1.29, 1.82) is 0 Å². The van der Waals surface area contributed by atoms with Gasteiger partial charge in [0.1, 0.15) is 0 Å². The molecule has 0 saturated heterocycles. The Kier molecular flexibility index (Phi) is 3.37. The van der Waals surface area contributed by atoms with E-state index in [0.29, 0.717) is 12.0 Å². The molecule has 1 aliphatic heterocycles. The highest BCUT2D eigenvalue weighted by atomic mass is 15.4. The third-order valence-electron chi connectivity index (χ3n) is 5.88. The van der Waals surface area contributed by atoms with Gasteiger partial charge in [-0.05, 0) is 36.6 Å². The molecule has 0 spiro atoms. The van der Waals surface area contributed by atoms with Crippen molar-refractivity contribution in [1.82, 2.24) is 15.0 Å². The van der Waals surface area contributed by atoms with Gasteiger partial charge >= 0.3 is 0 Å². The minimum Gasteiger partial charge on any atom is -0.371 e. The Balaban J connectivity index is 1.59. The number of anilines is 1. The van der Waals surface area contributed by atoms with E-state index < -0.39 is 0 Å². The van der Waals surface area contributed by atoms with E-state index >= 15 is 0 Å². The smallest absolute Gasteiger partial charge is 0.0944 e. The highest BCUT2D eigenvalue weighted by Crippen LogP contribution is 2.47. The third kappa shape index (κ3) is 2.28. The molecule has 2 heterocycles. The van der Waals surface area contributed by atoms with Crippen molar-refractivity contribution in [2.75, 3.05) is 11.9 Å². The monoisotopic (exact) mass is 330 g/mol. The molecule has 4 nitrogen and oxygen atoms in total. The van der Waals surface area contributed by atoms with E-state index in [9.17, 15) is 0 Å². The molecular weight excluding hydrogens is 308 g/mol. The molecule has 1 saturated carbocycles. The summed E-state index contributed by atoms with van der Waals surface area (Å²) in [5.41, 5.74) is 6.16. The number of benzene rings is 2. The molecule has 2 aliphatic rings. The van der Waals surface area contributed by atoms with Crippen molar-refractivity contribution in [2.24, 2.45) is 0 Å². The van der Waals surface area contributed by atoms with Crippen LogP contribution in [0.3, 0.4) is 0 Å². The maximum Gasteiger partial charge on any atom is 0.0944 e. The number of fused-ring (bicyclic) bond motifs is 3. The molecule has 4 heteroatoms. The fourth-order valence-corrected chi connectivity index (χ4v) is 4.64. The zero-order valence-corrected chi connectivity index (χ0v) is 14.5. The maximum absolute atomic E-state index is 4.36. The minimum atomic E-state index is 0.664. The molecule has 1 fully saturated rings. The minimum absolute atomic E-state index is 0.664. The van der Waals surface area contributed by atoms with E-state index in [2.05, 4.69) is 64.7 Å². The molecule has 25 heavy (non-hydrogen) atoms. The number of rotatable bonds is 2. The second-order valence-corrected chi connectivity index (χ2v) is 7.21. The van der Waals surface area contributed by atoms with E-state index in [4.69, 9.17) is 0 Å². The summed E-state index contributed by atoms with van der Waals surface area (Å²) in [5, 5.41) is 8.53. The van der Waals surface area contributed by atoms with Crippen LogP contribution in [0.5, 0.6) is 0 Å². The van der Waals surface area contributed by atoms with Gasteiger partial charge in [-0.1, -0.05) is 48.4 Å². The number of hydrogen-bond donors (Lipinski definition) is 0. The summed E-state index contributed by atoms with van der Waals surface area (Å²) in [7, 11) is 2.25. The average Bonchev–Trinajstić information content (AvgIpc) is 3.27. The zero-order valence-electron chi connectivity index (χ0n) is 14.5. The molecule has 2 unspecified atom stereocenters. The first-order valence-corrected chi connectivity index (χ1v) is 9.16. The number of likely N-dealkylation sites (N-methyl/N-ethyl adjacent to an activating group) is 1. The summed E-state index contributed by atoms with van der Waals surface area (Å²) < 4.78 is 1.96. The molecule has 2 aromatic carbocycles. The lowest BCUT2D eigenvalue weighted by molar-refractivity contribution is 0.396. The molecule has 5 rings (SSSR count). The van der Waals surface area contributed by atoms with Crippen LogP contribution in [0.1, 0.15) is 37.2 Å². The quantitative estimate of drug-likeness (QED) is 0.698. The first-order valence-electron chi connectivity index (χ1n) is 9.16. The van der Waals surface area contributed by atoms with Crippen LogP contribution < -0.4 is 4.90 Å². The summed E-state index contributed by atoms with van der Waals surface area (Å²) in [6, 6.07) is 17.8. The largest absolute Gasteiger partial charge is 0.371 e. The highest BCUT2D eigenvalue weighted by Gasteiger charge is 2.38. The van der Waals surface area contributed by atoms with Crippen molar-refractivity contribution in [3.8, 4) is 16.9 Å². The maximum atomic E-state index is 4.36. The number of nitrogens with zero attached hydrogens (tertiary/aromatic N) is 4. The molecule has 0 amide bonds. The van der Waals surface area contributed by atoms with Crippen LogP contribution in [0.2, 0.25) is 0 Å². The van der Waals surface area contributed by atoms with E-state index in [1.54, 1.807) is 0 Å². The summed E-state index contributed by atoms with van der Waals surface area (Å²) in [4.78, 5) is 2.49. The van der Waals surface area contributed by atoms with Crippen LogP contribution >= 0.6 is 0 Å². The Bertz CT molecular complexity index is 899. The second-order valence-electron chi connectivity index (χ2n) is 7.21. The predicted octanol–water partition coefficient (Wildman–Crippen LogP) is 4.41. The van der Waals surface area contributed by atoms with Gasteiger partial charge in [0.25, 0.3) is 0 Å². The van der Waals surface area contributed by atoms with Gasteiger partial charge in [0.2, 0.25) is 0 Å². The van der Waals surface area contributed by atoms with Crippen molar-refractivity contribution in [3.63, 3.8) is 0 Å². The van der Waals surface area contributed by atoms with E-state index in [1.165, 1.54) is 36.9 Å². The molecule has 3 aromatic rings. The summed E-state index contributed by atoms with van der Waals surface area (Å²) in [6.45, 7) is 0. The number of hydrogen-bond acceptors (Lipinski definition) is 3. The van der Waals surface area contributed by atoms with Gasteiger partial charge in [0, 0.05) is 30.3 Å². The summed E-state index contributed by atoms with van der Waals surface area (Å²) >= 11 is 0. The van der Waals surface area contributed by atoms with Gasteiger partial charge in [0.05, 0.1) is 17.6 Å². The van der Waals surface area contributed by atoms with Gasteiger partial charge in [-0.25, -0.2) is 4.68 Å². The van der Waals surface area contributed by atoms with Gasteiger partial charge < -0.3 is 4.90 Å². The van der Waals surface area contributed by atoms with Crippen molar-refractivity contribution >= 4 is 5.69 Å². The highest BCUT2D eigenvalue weighted by molar-refractivity contribution is 5.66. The molecule has 0 N–H and O–H groups in total. The predicted molar refractivity (Wildman–Crippen MR) is 100 cm³/mol. The van der Waals surface area contributed by atoms with Gasteiger partial charge in [-0.3, -0.25) is 0 Å². The second kappa shape index (κ2) is 5.73. The zero-order chi connectivity index (χ0) is 16.8. The van der Waals surface area contributed by atoms with E-state index in [0.717, 1.165) is 16.9 Å². The normalized spacial score (nSPS) is 21.9. The van der Waals surface area contributed by atoms with Crippen molar-refractivity contribution in [3.05, 3.63) is 60.3 Å². The van der Waals surface area contributed by atoms with Crippen LogP contribution in [0.4, 0.5) is 5.69 Å². The lowest BCUT2D eigenvalue weighted by atomic mass is 9.82. The Morgan fingerprint density at radius 3 is 2.72 bits per heavy atom. The molecule has 0 bridgehead atoms. The van der Waals surface area contributed by atoms with Crippen LogP contribution in [0.25, 0.3) is 16.9 Å². The molecule has 2 atom stereocenters. The Labute approximate surface area is 148 Å². The SMILES string of the molecule is CN1c2ccc(-n3nncc3-c3ccccc3)cc2C2CCCCC21. The van der Waals surface area contributed by atoms with Crippen molar-refractivity contribution < 1.29 is 0 Å². The first kappa shape index (κ1) is 14.7. The summed E-state index contributed by atoms with van der Waals surface area (Å²) in [6.07, 6.45) is 7.15. The molecule has 0 radical (unpaired) electrons. The fourth-order valence-electron chi connectivity index (χ4n) is 4.64. The lowest BCUT2D eigenvalue weighted by Crippen LogP contribution is -2.32. The van der Waals surface area contributed by atoms with E-state index in [-0.39, 0.29) is 0 Å². The number of aromatic nitrogens is 3. The fraction of sp³-hybridized carbons (Fsp3) is 0.333. The van der Waals surface area contributed by atoms with Crippen LogP contribution in [-0.4, -0.2) is 28.1 Å². The topological polar surface area (TPSA) is 34.0 Å². The van der Waals surface area contributed by atoms with E-state index in [1.807, 2.05) is 16.9 Å². The summed E-state index contributed by atoms with van der Waals surface area (Å²) in [5.74, 6) is 0.664. The Hall–Kier alpha value is -2.62. The third-order valence-corrected chi connectivity index (χ3v) is 5.88. The molecule has 126 valence electrons. The van der Waals surface area contributed by atoms with Crippen molar-refractivity contribution in [2.45, 2.75) is 37.6 Å². The lowest BCUT2D eigenvalue weighted by Gasteiger charge is -2.30. The molecule has 1 aromatic heterocycles. The Morgan fingerprint density at radius 2 is 1.84 bits per heavy atom. The average molecular weight is 330 g/mol. The van der Waals surface area contributed by atoms with Crippen LogP contribution in [0.15, 0.2) is 54.7 Å². The van der Waals surface area contributed by atoms with Gasteiger partial charge in [-0.2, -0.15) is 0 Å². The van der Waals surface area contributed by atoms with Crippen LogP contribution in [-0.2, 0) is 0 Å². The van der Waals surface area contributed by atoms with Crippen LogP contribution in [0, 0.1) is 0 Å². The standard InChI is InChI=1S/C21H22N4/c1-24-19-10-6-5-9-17(19)18-13-16(11-12-20(18)24)25-21(14-22-23-25)15-7-3-2-4-8-15/h2-4,7-8,11-14,17,19H,5-6,9-10H2,1H3. The Morgan fingerprint density at radius 1 is 1.00 bits per heavy atom. The first-order chi connectivity index (χ1) is 12.3. The molecular formula is C21H22N4. The van der Waals surface area contributed by atoms with Gasteiger partial charge in [-0.15, -0.1) is 5.10 Å². The molecule has 1 aliphatic carbocycles. The van der Waals surface area contributed by atoms with Gasteiger partial charge in [0.15, 0.2) is 0 Å².